The van der Waals surface area contributed by atoms with Crippen molar-refractivity contribution in [3.63, 3.8) is 0 Å². The maximum atomic E-state index is 12.8. The van der Waals surface area contributed by atoms with Gasteiger partial charge in [-0.3, -0.25) is 4.79 Å². The predicted octanol–water partition coefficient (Wildman–Crippen LogP) is 4.61. The Morgan fingerprint density at radius 3 is 2.59 bits per heavy atom. The fourth-order valence-electron chi connectivity index (χ4n) is 3.68. The van der Waals surface area contributed by atoms with Gasteiger partial charge in [-0.25, -0.2) is 0 Å². The molecule has 0 saturated heterocycles. The fourth-order valence-corrected chi connectivity index (χ4v) is 3.68. The number of methoxy groups -OCH3 is 1. The van der Waals surface area contributed by atoms with E-state index in [-0.39, 0.29) is 11.9 Å². The van der Waals surface area contributed by atoms with Crippen LogP contribution in [0.4, 0.5) is 0 Å². The van der Waals surface area contributed by atoms with Gasteiger partial charge in [0.15, 0.2) is 6.10 Å². The predicted molar refractivity (Wildman–Crippen MR) is 107 cm³/mol. The highest BCUT2D eigenvalue weighted by molar-refractivity contribution is 5.81. The number of hydrogen-bond acceptors (Lipinski definition) is 3. The zero-order valence-electron chi connectivity index (χ0n) is 16.5. The number of carbonyl (C=O) groups excluding carboxylic acids is 1. The number of benzene rings is 2. The van der Waals surface area contributed by atoms with Gasteiger partial charge in [-0.2, -0.15) is 0 Å². The summed E-state index contributed by atoms with van der Waals surface area (Å²) in [5.41, 5.74) is 3.73. The number of aryl methyl sites for hydroxylation is 2. The number of ether oxygens (including phenoxy) is 2. The smallest absolute Gasteiger partial charge is 0.261 e. The maximum absolute atomic E-state index is 12.8. The molecule has 3 rings (SSSR count). The number of hydrogen-bond donors (Lipinski definition) is 1. The average Bonchev–Trinajstić information content (AvgIpc) is 2.71. The van der Waals surface area contributed by atoms with Crippen molar-refractivity contribution < 1.29 is 14.3 Å². The van der Waals surface area contributed by atoms with Crippen LogP contribution in [0.2, 0.25) is 0 Å². The number of para-hydroxylation sites is 1. The Morgan fingerprint density at radius 1 is 1.11 bits per heavy atom. The summed E-state index contributed by atoms with van der Waals surface area (Å²) in [4.78, 5) is 12.8. The van der Waals surface area contributed by atoms with Crippen molar-refractivity contribution in [3.05, 3.63) is 59.2 Å². The Bertz CT molecular complexity index is 787. The first-order valence-corrected chi connectivity index (χ1v) is 9.84. The first-order chi connectivity index (χ1) is 13.1. The lowest BCUT2D eigenvalue weighted by Crippen LogP contribution is -2.39. The van der Waals surface area contributed by atoms with Crippen LogP contribution in [0.1, 0.15) is 55.8 Å². The van der Waals surface area contributed by atoms with Crippen molar-refractivity contribution in [2.24, 2.45) is 0 Å². The molecule has 2 atom stereocenters. The van der Waals surface area contributed by atoms with E-state index in [2.05, 4.69) is 17.4 Å². The van der Waals surface area contributed by atoms with Crippen LogP contribution in [-0.4, -0.2) is 19.1 Å². The van der Waals surface area contributed by atoms with Crippen LogP contribution in [0.3, 0.4) is 0 Å². The molecular formula is C23H29NO3. The van der Waals surface area contributed by atoms with Crippen LogP contribution in [-0.2, 0) is 17.6 Å². The summed E-state index contributed by atoms with van der Waals surface area (Å²) in [6.07, 6.45) is 4.83. The Morgan fingerprint density at radius 2 is 1.85 bits per heavy atom. The molecule has 1 amide bonds. The second-order valence-corrected chi connectivity index (χ2v) is 7.12. The molecule has 0 bridgehead atoms. The minimum absolute atomic E-state index is 0.103. The molecule has 1 aliphatic rings. The van der Waals surface area contributed by atoms with E-state index in [1.807, 2.05) is 44.2 Å². The van der Waals surface area contributed by atoms with Crippen LogP contribution in [0.5, 0.6) is 11.5 Å². The monoisotopic (exact) mass is 367 g/mol. The van der Waals surface area contributed by atoms with E-state index in [0.717, 1.165) is 29.9 Å². The first-order valence-electron chi connectivity index (χ1n) is 9.84. The molecule has 0 saturated carbocycles. The molecule has 1 N–H and O–H groups in total. The summed E-state index contributed by atoms with van der Waals surface area (Å²) >= 11 is 0. The summed E-state index contributed by atoms with van der Waals surface area (Å²) in [7, 11) is 1.64. The quantitative estimate of drug-likeness (QED) is 0.777. The van der Waals surface area contributed by atoms with Crippen molar-refractivity contribution in [2.75, 3.05) is 7.11 Å². The molecule has 0 fully saturated rings. The third-order valence-electron chi connectivity index (χ3n) is 5.23. The van der Waals surface area contributed by atoms with Gasteiger partial charge < -0.3 is 14.8 Å². The van der Waals surface area contributed by atoms with Gasteiger partial charge >= 0.3 is 0 Å². The van der Waals surface area contributed by atoms with Gasteiger partial charge in [0.25, 0.3) is 5.91 Å². The molecule has 144 valence electrons. The number of carbonyl (C=O) groups is 1. The van der Waals surface area contributed by atoms with Gasteiger partial charge in [0, 0.05) is 5.56 Å². The first kappa shape index (κ1) is 19.3. The van der Waals surface area contributed by atoms with Crippen molar-refractivity contribution in [3.8, 4) is 11.5 Å². The maximum Gasteiger partial charge on any atom is 0.261 e. The average molecular weight is 367 g/mol. The molecule has 0 unspecified atom stereocenters. The van der Waals surface area contributed by atoms with Crippen LogP contribution in [0.25, 0.3) is 0 Å². The van der Waals surface area contributed by atoms with E-state index in [9.17, 15) is 4.79 Å². The Balaban J connectivity index is 1.67. The molecule has 0 heterocycles. The summed E-state index contributed by atoms with van der Waals surface area (Å²) in [6, 6.07) is 13.8. The van der Waals surface area contributed by atoms with E-state index >= 15 is 0 Å². The Labute approximate surface area is 161 Å². The van der Waals surface area contributed by atoms with Gasteiger partial charge in [0.2, 0.25) is 0 Å². The number of amides is 1. The molecule has 0 spiro atoms. The molecule has 2 aromatic carbocycles. The van der Waals surface area contributed by atoms with E-state index in [0.29, 0.717) is 6.42 Å². The number of rotatable bonds is 7. The number of fused-ring (bicyclic) bond motifs is 1. The molecular weight excluding hydrogens is 338 g/mol. The summed E-state index contributed by atoms with van der Waals surface area (Å²) in [6.45, 7) is 3.93. The lowest BCUT2D eigenvalue weighted by Gasteiger charge is -2.23. The minimum Gasteiger partial charge on any atom is -0.496 e. The van der Waals surface area contributed by atoms with Gasteiger partial charge in [-0.15, -0.1) is 0 Å². The van der Waals surface area contributed by atoms with Crippen molar-refractivity contribution in [1.82, 2.24) is 5.32 Å². The lowest BCUT2D eigenvalue weighted by atomic mass is 9.92. The van der Waals surface area contributed by atoms with Crippen LogP contribution < -0.4 is 14.8 Å². The second kappa shape index (κ2) is 8.94. The molecule has 4 heteroatoms. The van der Waals surface area contributed by atoms with Crippen molar-refractivity contribution in [2.45, 2.75) is 58.1 Å². The molecule has 2 aromatic rings. The third-order valence-corrected chi connectivity index (χ3v) is 5.23. The molecule has 0 aliphatic heterocycles. The van der Waals surface area contributed by atoms with Crippen molar-refractivity contribution in [1.29, 1.82) is 0 Å². The van der Waals surface area contributed by atoms with Gasteiger partial charge in [-0.05, 0) is 68.4 Å². The topological polar surface area (TPSA) is 47.6 Å². The van der Waals surface area contributed by atoms with Gasteiger partial charge in [0.1, 0.15) is 11.5 Å². The molecule has 1 aliphatic carbocycles. The molecule has 4 nitrogen and oxygen atoms in total. The van der Waals surface area contributed by atoms with Crippen LogP contribution in [0, 0.1) is 0 Å². The summed E-state index contributed by atoms with van der Waals surface area (Å²) in [5.74, 6) is 1.45. The molecule has 0 radical (unpaired) electrons. The standard InChI is InChI=1S/C23H29NO3/c1-4-21(27-19-14-13-17-9-5-6-10-18(17)15-19)23(25)24-16(2)20-11-7-8-12-22(20)26-3/h7-8,11-16,21H,4-6,9-10H2,1-3H3,(H,24,25)/t16-,21-/m1/s1. The summed E-state index contributed by atoms with van der Waals surface area (Å²) < 4.78 is 11.4. The van der Waals surface area contributed by atoms with Gasteiger partial charge in [0.05, 0.1) is 13.2 Å². The van der Waals surface area contributed by atoms with E-state index < -0.39 is 6.10 Å². The van der Waals surface area contributed by atoms with Crippen LogP contribution in [0.15, 0.2) is 42.5 Å². The van der Waals surface area contributed by atoms with E-state index in [1.165, 1.54) is 24.0 Å². The van der Waals surface area contributed by atoms with Crippen molar-refractivity contribution >= 4 is 5.91 Å². The molecule has 27 heavy (non-hydrogen) atoms. The largest absolute Gasteiger partial charge is 0.496 e. The third kappa shape index (κ3) is 4.62. The highest BCUT2D eigenvalue weighted by Crippen LogP contribution is 2.27. The Hall–Kier alpha value is -2.49. The second-order valence-electron chi connectivity index (χ2n) is 7.12. The van der Waals surface area contributed by atoms with Crippen LogP contribution >= 0.6 is 0 Å². The van der Waals surface area contributed by atoms with E-state index in [1.54, 1.807) is 7.11 Å². The summed E-state index contributed by atoms with van der Waals surface area (Å²) in [5, 5.41) is 3.06. The minimum atomic E-state index is -0.510. The van der Waals surface area contributed by atoms with Gasteiger partial charge in [-0.1, -0.05) is 31.2 Å². The zero-order valence-corrected chi connectivity index (χ0v) is 16.5. The molecule has 0 aromatic heterocycles. The fraction of sp³-hybridized carbons (Fsp3) is 0.435. The Kier molecular flexibility index (Phi) is 6.38. The zero-order chi connectivity index (χ0) is 19.2. The van der Waals surface area contributed by atoms with E-state index in [4.69, 9.17) is 9.47 Å². The normalized spacial score (nSPS) is 15.4. The highest BCUT2D eigenvalue weighted by Gasteiger charge is 2.22. The highest BCUT2D eigenvalue weighted by atomic mass is 16.5. The number of nitrogens with one attached hydrogen (secondary N) is 1. The SMILES string of the molecule is CC[C@@H](Oc1ccc2c(c1)CCCC2)C(=O)N[C@H](C)c1ccccc1OC. The lowest BCUT2D eigenvalue weighted by molar-refractivity contribution is -0.128.